The van der Waals surface area contributed by atoms with Crippen LogP contribution in [0.15, 0.2) is 11.3 Å². The fourth-order valence-corrected chi connectivity index (χ4v) is 3.07. The highest BCUT2D eigenvalue weighted by Crippen LogP contribution is 2.14. The zero-order valence-corrected chi connectivity index (χ0v) is 14.9. The largest absolute Gasteiger partial charge is 0.357 e. The van der Waals surface area contributed by atoms with Gasteiger partial charge >= 0.3 is 0 Å². The Morgan fingerprint density at radius 2 is 2.25 bits per heavy atom. The molecule has 1 atom stereocenters. The number of nitrogens with zero attached hydrogens (tertiary/aromatic N) is 6. The number of aromatic nitrogens is 5. The molecule has 0 radical (unpaired) electrons. The van der Waals surface area contributed by atoms with Gasteiger partial charge in [-0.15, -0.1) is 0 Å². The molecule has 0 saturated heterocycles. The van der Waals surface area contributed by atoms with Gasteiger partial charge in [0.2, 0.25) is 0 Å². The van der Waals surface area contributed by atoms with Crippen molar-refractivity contribution in [3.63, 3.8) is 0 Å². The summed E-state index contributed by atoms with van der Waals surface area (Å²) < 4.78 is 3.88. The van der Waals surface area contributed by atoms with E-state index in [9.17, 15) is 0 Å². The van der Waals surface area contributed by atoms with E-state index in [0.717, 1.165) is 49.1 Å². The predicted octanol–water partition coefficient (Wildman–Crippen LogP) is 0.699. The van der Waals surface area contributed by atoms with Crippen molar-refractivity contribution < 1.29 is 0 Å². The van der Waals surface area contributed by atoms with Crippen LogP contribution in [0.5, 0.6) is 0 Å². The van der Waals surface area contributed by atoms with Gasteiger partial charge in [-0.2, -0.15) is 10.2 Å². The molecule has 0 aliphatic carbocycles. The highest BCUT2D eigenvalue weighted by Gasteiger charge is 2.20. The number of fused-ring (bicyclic) bond motifs is 1. The van der Waals surface area contributed by atoms with E-state index in [1.807, 2.05) is 23.3 Å². The van der Waals surface area contributed by atoms with E-state index < -0.39 is 0 Å². The number of hydrogen-bond acceptors (Lipinski definition) is 4. The highest BCUT2D eigenvalue weighted by molar-refractivity contribution is 5.80. The van der Waals surface area contributed by atoms with Crippen molar-refractivity contribution in [2.75, 3.05) is 6.54 Å². The molecule has 1 aliphatic heterocycles. The smallest absolute Gasteiger partial charge is 0.191 e. The average Bonchev–Trinajstić information content (AvgIpc) is 3.11. The lowest BCUT2D eigenvalue weighted by atomic mass is 10.1. The molecule has 8 nitrogen and oxygen atoms in total. The summed E-state index contributed by atoms with van der Waals surface area (Å²) in [5.74, 6) is 1.91. The molecule has 0 bridgehead atoms. The normalized spacial score (nSPS) is 17.7. The third-order valence-corrected chi connectivity index (χ3v) is 4.54. The number of hydrogen-bond donors (Lipinski definition) is 2. The Morgan fingerprint density at radius 3 is 2.96 bits per heavy atom. The van der Waals surface area contributed by atoms with Gasteiger partial charge in [-0.1, -0.05) is 0 Å². The Bertz CT molecular complexity index is 727. The maximum Gasteiger partial charge on any atom is 0.191 e. The molecule has 2 aromatic heterocycles. The van der Waals surface area contributed by atoms with Crippen molar-refractivity contribution in [2.24, 2.45) is 12.0 Å². The molecule has 0 saturated carbocycles. The number of nitrogens with one attached hydrogen (secondary N) is 2. The van der Waals surface area contributed by atoms with Crippen LogP contribution in [0.1, 0.15) is 36.1 Å². The van der Waals surface area contributed by atoms with Crippen molar-refractivity contribution in [1.82, 2.24) is 35.2 Å². The Morgan fingerprint density at radius 1 is 1.42 bits per heavy atom. The summed E-state index contributed by atoms with van der Waals surface area (Å²) in [6, 6.07) is 0.313. The van der Waals surface area contributed by atoms with Gasteiger partial charge in [0.1, 0.15) is 12.2 Å². The first kappa shape index (κ1) is 16.5. The summed E-state index contributed by atoms with van der Waals surface area (Å²) in [6.45, 7) is 8.48. The second-order valence-corrected chi connectivity index (χ2v) is 6.21. The summed E-state index contributed by atoms with van der Waals surface area (Å²) in [6.07, 6.45) is 3.61. The predicted molar refractivity (Wildman–Crippen MR) is 92.8 cm³/mol. The van der Waals surface area contributed by atoms with Crippen LogP contribution in [0.25, 0.3) is 0 Å². The first-order chi connectivity index (χ1) is 11.6. The van der Waals surface area contributed by atoms with E-state index in [-0.39, 0.29) is 0 Å². The van der Waals surface area contributed by atoms with Crippen LogP contribution < -0.4 is 10.6 Å². The average molecular weight is 330 g/mol. The van der Waals surface area contributed by atoms with Crippen LogP contribution in [-0.4, -0.2) is 43.1 Å². The number of rotatable bonds is 4. The van der Waals surface area contributed by atoms with Gasteiger partial charge in [-0.05, 0) is 27.2 Å². The standard InChI is InChI=1S/C16H26N8/c1-5-17-16(18-8-14-11(2)22-23(4)12(14)3)21-13-6-7-15-19-10-20-24(15)9-13/h10,13H,5-9H2,1-4H3,(H2,17,18,21). The van der Waals surface area contributed by atoms with Crippen molar-refractivity contribution in [2.45, 2.75) is 52.7 Å². The third kappa shape index (κ3) is 3.42. The van der Waals surface area contributed by atoms with Gasteiger partial charge in [-0.25, -0.2) is 14.7 Å². The third-order valence-electron chi connectivity index (χ3n) is 4.54. The molecule has 3 heterocycles. The number of guanidine groups is 1. The first-order valence-corrected chi connectivity index (χ1v) is 8.49. The molecule has 1 unspecified atom stereocenters. The van der Waals surface area contributed by atoms with Crippen LogP contribution in [-0.2, 0) is 26.6 Å². The fourth-order valence-electron chi connectivity index (χ4n) is 3.07. The molecule has 8 heteroatoms. The molecule has 0 spiro atoms. The minimum Gasteiger partial charge on any atom is -0.357 e. The lowest BCUT2D eigenvalue weighted by Gasteiger charge is -2.25. The summed E-state index contributed by atoms with van der Waals surface area (Å²) in [5.41, 5.74) is 3.40. The quantitative estimate of drug-likeness (QED) is 0.637. The Labute approximate surface area is 142 Å². The summed E-state index contributed by atoms with van der Waals surface area (Å²) in [7, 11) is 1.97. The van der Waals surface area contributed by atoms with Gasteiger partial charge in [0.05, 0.1) is 18.8 Å². The van der Waals surface area contributed by atoms with Crippen LogP contribution in [0.2, 0.25) is 0 Å². The second kappa shape index (κ2) is 7.02. The number of aliphatic imine (C=N–C) groups is 1. The minimum absolute atomic E-state index is 0.313. The van der Waals surface area contributed by atoms with Crippen LogP contribution in [0.4, 0.5) is 0 Å². The Kier molecular flexibility index (Phi) is 4.82. The van der Waals surface area contributed by atoms with Gasteiger partial charge in [0, 0.05) is 37.3 Å². The van der Waals surface area contributed by atoms with Gasteiger partial charge < -0.3 is 10.6 Å². The van der Waals surface area contributed by atoms with Crippen molar-refractivity contribution in [3.05, 3.63) is 29.1 Å². The molecule has 24 heavy (non-hydrogen) atoms. The van der Waals surface area contributed by atoms with E-state index in [1.54, 1.807) is 6.33 Å². The van der Waals surface area contributed by atoms with Crippen molar-refractivity contribution in [3.8, 4) is 0 Å². The maximum absolute atomic E-state index is 4.75. The number of aryl methyl sites for hydroxylation is 3. The minimum atomic E-state index is 0.313. The maximum atomic E-state index is 4.75. The molecule has 2 N–H and O–H groups in total. The zero-order chi connectivity index (χ0) is 17.1. The molecule has 2 aromatic rings. The second-order valence-electron chi connectivity index (χ2n) is 6.21. The van der Waals surface area contributed by atoms with Gasteiger partial charge in [-0.3, -0.25) is 4.68 Å². The van der Waals surface area contributed by atoms with Crippen molar-refractivity contribution >= 4 is 5.96 Å². The van der Waals surface area contributed by atoms with Crippen LogP contribution in [0, 0.1) is 13.8 Å². The van der Waals surface area contributed by atoms with Crippen LogP contribution in [0.3, 0.4) is 0 Å². The SMILES string of the molecule is CCNC(=NCc1c(C)nn(C)c1C)NC1CCc2ncnn2C1. The van der Waals surface area contributed by atoms with E-state index in [1.165, 1.54) is 5.56 Å². The fraction of sp³-hybridized carbons (Fsp3) is 0.625. The Hall–Kier alpha value is -2.38. The van der Waals surface area contributed by atoms with Crippen molar-refractivity contribution in [1.29, 1.82) is 0 Å². The summed E-state index contributed by atoms with van der Waals surface area (Å²) >= 11 is 0. The monoisotopic (exact) mass is 330 g/mol. The highest BCUT2D eigenvalue weighted by atomic mass is 15.4. The van der Waals surface area contributed by atoms with E-state index in [0.29, 0.717) is 12.6 Å². The molecular formula is C16H26N8. The molecular weight excluding hydrogens is 304 g/mol. The topological polar surface area (TPSA) is 84.9 Å². The summed E-state index contributed by atoms with van der Waals surface area (Å²) in [5, 5.41) is 15.6. The molecule has 0 fully saturated rings. The van der Waals surface area contributed by atoms with Gasteiger partial charge in [0.15, 0.2) is 5.96 Å². The lowest BCUT2D eigenvalue weighted by Crippen LogP contribution is -2.47. The molecule has 130 valence electrons. The Balaban J connectivity index is 1.68. The molecule has 0 amide bonds. The van der Waals surface area contributed by atoms with E-state index >= 15 is 0 Å². The zero-order valence-electron chi connectivity index (χ0n) is 14.9. The van der Waals surface area contributed by atoms with Crippen LogP contribution >= 0.6 is 0 Å². The van der Waals surface area contributed by atoms with E-state index in [4.69, 9.17) is 4.99 Å². The molecule has 1 aliphatic rings. The van der Waals surface area contributed by atoms with E-state index in [2.05, 4.69) is 39.7 Å². The summed E-state index contributed by atoms with van der Waals surface area (Å²) in [4.78, 5) is 9.03. The first-order valence-electron chi connectivity index (χ1n) is 8.49. The molecule has 3 rings (SSSR count). The van der Waals surface area contributed by atoms with Gasteiger partial charge in [0.25, 0.3) is 0 Å². The lowest BCUT2D eigenvalue weighted by molar-refractivity contribution is 0.392. The molecule has 0 aromatic carbocycles.